The molecule has 3 aromatic rings. The third kappa shape index (κ3) is 4.90. The molecule has 0 amide bonds. The molecule has 142 valence electrons. The van der Waals surface area contributed by atoms with Crippen LogP contribution >= 0.6 is 11.8 Å². The Morgan fingerprint density at radius 3 is 2.81 bits per heavy atom. The van der Waals surface area contributed by atoms with Crippen LogP contribution in [0, 0.1) is 6.92 Å². The standard InChI is InChI=1S/C21H24N2O3S/c1-3-11-23-20(25)18-9-4-5-10-19(18)22-21(23)27-14-16(24)13-26-17-8-6-7-15(2)12-17/h4-10,12,16,24H,3,11,13-14H2,1-2H3/t16-/m0/s1. The van der Waals surface area contributed by atoms with Crippen LogP contribution in [0.2, 0.25) is 0 Å². The van der Waals surface area contributed by atoms with Crippen LogP contribution in [0.4, 0.5) is 0 Å². The quantitative estimate of drug-likeness (QED) is 0.474. The van der Waals surface area contributed by atoms with Crippen molar-refractivity contribution in [3.05, 3.63) is 64.4 Å². The zero-order valence-electron chi connectivity index (χ0n) is 15.6. The van der Waals surface area contributed by atoms with Gasteiger partial charge in [0.25, 0.3) is 5.56 Å². The number of aliphatic hydroxyl groups is 1. The van der Waals surface area contributed by atoms with E-state index in [-0.39, 0.29) is 12.2 Å². The van der Waals surface area contributed by atoms with Crippen LogP contribution in [0.15, 0.2) is 58.5 Å². The molecule has 0 bridgehead atoms. The fraction of sp³-hybridized carbons (Fsp3) is 0.333. The minimum absolute atomic E-state index is 0.0320. The molecule has 0 aliphatic heterocycles. The lowest BCUT2D eigenvalue weighted by atomic mass is 10.2. The summed E-state index contributed by atoms with van der Waals surface area (Å²) in [7, 11) is 0. The van der Waals surface area contributed by atoms with E-state index in [0.29, 0.717) is 28.4 Å². The van der Waals surface area contributed by atoms with Crippen LogP contribution in [-0.4, -0.2) is 33.1 Å². The summed E-state index contributed by atoms with van der Waals surface area (Å²) in [6.45, 7) is 4.83. The number of ether oxygens (including phenoxy) is 1. The highest BCUT2D eigenvalue weighted by atomic mass is 32.2. The van der Waals surface area contributed by atoms with Gasteiger partial charge in [0, 0.05) is 12.3 Å². The summed E-state index contributed by atoms with van der Waals surface area (Å²) in [5.74, 6) is 1.14. The average Bonchev–Trinajstić information content (AvgIpc) is 2.67. The van der Waals surface area contributed by atoms with Crippen LogP contribution in [0.5, 0.6) is 5.75 Å². The predicted octanol–water partition coefficient (Wildman–Crippen LogP) is 3.65. The van der Waals surface area contributed by atoms with E-state index >= 15 is 0 Å². The first kappa shape index (κ1) is 19.5. The summed E-state index contributed by atoms with van der Waals surface area (Å²) in [5, 5.41) is 11.5. The van der Waals surface area contributed by atoms with E-state index in [1.165, 1.54) is 11.8 Å². The van der Waals surface area contributed by atoms with Gasteiger partial charge in [-0.2, -0.15) is 0 Å². The first-order chi connectivity index (χ1) is 13.1. The average molecular weight is 385 g/mol. The van der Waals surface area contributed by atoms with Crippen LogP contribution in [0.3, 0.4) is 0 Å². The lowest BCUT2D eigenvalue weighted by Gasteiger charge is -2.15. The monoisotopic (exact) mass is 384 g/mol. The Labute approximate surface area is 163 Å². The zero-order valence-corrected chi connectivity index (χ0v) is 16.4. The van der Waals surface area contributed by atoms with E-state index < -0.39 is 6.10 Å². The Hall–Kier alpha value is -2.31. The van der Waals surface area contributed by atoms with Crippen LogP contribution in [-0.2, 0) is 6.54 Å². The third-order valence-electron chi connectivity index (χ3n) is 4.11. The van der Waals surface area contributed by atoms with E-state index in [1.54, 1.807) is 10.6 Å². The van der Waals surface area contributed by atoms with Gasteiger partial charge < -0.3 is 9.84 Å². The third-order valence-corrected chi connectivity index (χ3v) is 5.23. The normalized spacial score (nSPS) is 12.3. The molecule has 27 heavy (non-hydrogen) atoms. The van der Waals surface area contributed by atoms with Gasteiger partial charge in [0.1, 0.15) is 12.4 Å². The summed E-state index contributed by atoms with van der Waals surface area (Å²) in [6, 6.07) is 15.1. The van der Waals surface area contributed by atoms with Crippen molar-refractivity contribution >= 4 is 22.7 Å². The summed E-state index contributed by atoms with van der Waals surface area (Å²) in [6.07, 6.45) is 0.181. The number of hydrogen-bond acceptors (Lipinski definition) is 5. The molecule has 2 aromatic carbocycles. The van der Waals surface area contributed by atoms with Crippen LogP contribution in [0.25, 0.3) is 10.9 Å². The van der Waals surface area contributed by atoms with Gasteiger partial charge in [-0.3, -0.25) is 9.36 Å². The second-order valence-electron chi connectivity index (χ2n) is 6.46. The lowest BCUT2D eigenvalue weighted by molar-refractivity contribution is 0.126. The van der Waals surface area contributed by atoms with Crippen molar-refractivity contribution in [1.29, 1.82) is 0 Å². The first-order valence-corrected chi connectivity index (χ1v) is 10.1. The summed E-state index contributed by atoms with van der Waals surface area (Å²) >= 11 is 1.38. The number of fused-ring (bicyclic) bond motifs is 1. The molecule has 1 aromatic heterocycles. The number of thioether (sulfide) groups is 1. The van der Waals surface area contributed by atoms with Crippen molar-refractivity contribution in [2.45, 2.75) is 38.1 Å². The Balaban J connectivity index is 1.70. The Morgan fingerprint density at radius 2 is 2.04 bits per heavy atom. The maximum Gasteiger partial charge on any atom is 0.262 e. The maximum absolute atomic E-state index is 12.7. The molecule has 6 heteroatoms. The van der Waals surface area contributed by atoms with E-state index in [4.69, 9.17) is 4.74 Å². The molecule has 1 atom stereocenters. The van der Waals surface area contributed by atoms with Crippen LogP contribution in [0.1, 0.15) is 18.9 Å². The van der Waals surface area contributed by atoms with E-state index in [0.717, 1.165) is 17.7 Å². The highest BCUT2D eigenvalue weighted by molar-refractivity contribution is 7.99. The minimum Gasteiger partial charge on any atom is -0.491 e. The molecule has 0 radical (unpaired) electrons. The highest BCUT2D eigenvalue weighted by Gasteiger charge is 2.13. The minimum atomic E-state index is -0.658. The van der Waals surface area contributed by atoms with Gasteiger partial charge in [0.2, 0.25) is 0 Å². The van der Waals surface area contributed by atoms with Crippen molar-refractivity contribution in [2.24, 2.45) is 0 Å². The molecule has 0 saturated carbocycles. The van der Waals surface area contributed by atoms with Gasteiger partial charge in [-0.05, 0) is 43.2 Å². The molecule has 5 nitrogen and oxygen atoms in total. The molecule has 0 aliphatic rings. The van der Waals surface area contributed by atoms with Crippen LogP contribution < -0.4 is 10.3 Å². The summed E-state index contributed by atoms with van der Waals surface area (Å²) in [4.78, 5) is 17.4. The Bertz CT molecular complexity index is 971. The van der Waals surface area contributed by atoms with Gasteiger partial charge in [-0.15, -0.1) is 0 Å². The largest absolute Gasteiger partial charge is 0.491 e. The number of para-hydroxylation sites is 1. The molecule has 1 N–H and O–H groups in total. The SMILES string of the molecule is CCCn1c(SC[C@@H](O)COc2cccc(C)c2)nc2ccccc2c1=O. The number of aryl methyl sites for hydroxylation is 1. The smallest absolute Gasteiger partial charge is 0.262 e. The van der Waals surface area contributed by atoms with Crippen molar-refractivity contribution in [1.82, 2.24) is 9.55 Å². The molecule has 0 fully saturated rings. The number of benzene rings is 2. The summed E-state index contributed by atoms with van der Waals surface area (Å²) < 4.78 is 7.35. The van der Waals surface area contributed by atoms with Gasteiger partial charge >= 0.3 is 0 Å². The first-order valence-electron chi connectivity index (χ1n) is 9.08. The predicted molar refractivity (Wildman–Crippen MR) is 110 cm³/mol. The maximum atomic E-state index is 12.7. The number of hydrogen-bond donors (Lipinski definition) is 1. The molecular weight excluding hydrogens is 360 g/mol. The summed E-state index contributed by atoms with van der Waals surface area (Å²) in [5.41, 5.74) is 1.76. The Kier molecular flexibility index (Phi) is 6.53. The van der Waals surface area contributed by atoms with E-state index in [9.17, 15) is 9.90 Å². The van der Waals surface area contributed by atoms with Gasteiger partial charge in [0.15, 0.2) is 5.16 Å². The van der Waals surface area contributed by atoms with Gasteiger partial charge in [0.05, 0.1) is 17.0 Å². The molecule has 3 rings (SSSR count). The second-order valence-corrected chi connectivity index (χ2v) is 7.45. The topological polar surface area (TPSA) is 64.3 Å². The molecule has 0 aliphatic carbocycles. The van der Waals surface area contributed by atoms with Crippen molar-refractivity contribution < 1.29 is 9.84 Å². The van der Waals surface area contributed by atoms with Crippen molar-refractivity contribution in [3.8, 4) is 5.75 Å². The lowest BCUT2D eigenvalue weighted by Crippen LogP contribution is -2.25. The molecule has 0 saturated heterocycles. The van der Waals surface area contributed by atoms with E-state index in [2.05, 4.69) is 4.98 Å². The second kappa shape index (κ2) is 9.06. The van der Waals surface area contributed by atoms with Crippen molar-refractivity contribution in [3.63, 3.8) is 0 Å². The number of aliphatic hydroxyl groups excluding tert-OH is 1. The molecule has 1 heterocycles. The fourth-order valence-corrected chi connectivity index (χ4v) is 3.73. The van der Waals surface area contributed by atoms with Crippen molar-refractivity contribution in [2.75, 3.05) is 12.4 Å². The van der Waals surface area contributed by atoms with Gasteiger partial charge in [-0.1, -0.05) is 43.0 Å². The molecule has 0 unspecified atom stereocenters. The number of nitrogens with zero attached hydrogens (tertiary/aromatic N) is 2. The fourth-order valence-electron chi connectivity index (χ4n) is 2.80. The number of aromatic nitrogens is 2. The van der Waals surface area contributed by atoms with Gasteiger partial charge in [-0.25, -0.2) is 4.98 Å². The zero-order chi connectivity index (χ0) is 19.2. The molecule has 0 spiro atoms. The molecular formula is C21H24N2O3S. The Morgan fingerprint density at radius 1 is 1.22 bits per heavy atom. The number of rotatable bonds is 8. The van der Waals surface area contributed by atoms with E-state index in [1.807, 2.05) is 56.3 Å². The highest BCUT2D eigenvalue weighted by Crippen LogP contribution is 2.20.